The summed E-state index contributed by atoms with van der Waals surface area (Å²) in [5, 5.41) is 17.3. The molecule has 1 aromatic heterocycles. The van der Waals surface area contributed by atoms with Crippen molar-refractivity contribution < 1.29 is 9.90 Å². The lowest BCUT2D eigenvalue weighted by Gasteiger charge is -2.42. The van der Waals surface area contributed by atoms with Gasteiger partial charge in [0.25, 0.3) is 0 Å². The lowest BCUT2D eigenvalue weighted by Crippen LogP contribution is -2.56. The van der Waals surface area contributed by atoms with Crippen LogP contribution < -0.4 is 5.32 Å². The lowest BCUT2D eigenvalue weighted by molar-refractivity contribution is -0.121. The van der Waals surface area contributed by atoms with Gasteiger partial charge < -0.3 is 10.4 Å². The second kappa shape index (κ2) is 5.64. The number of carbonyl (C=O) groups is 1. The van der Waals surface area contributed by atoms with E-state index in [9.17, 15) is 9.90 Å². The van der Waals surface area contributed by atoms with Crippen molar-refractivity contribution in [3.8, 4) is 0 Å². The van der Waals surface area contributed by atoms with Gasteiger partial charge in [-0.2, -0.15) is 5.10 Å². The Labute approximate surface area is 125 Å². The Hall–Kier alpha value is -1.62. The molecule has 2 aliphatic rings. The molecule has 1 heterocycles. The van der Waals surface area contributed by atoms with E-state index in [0.29, 0.717) is 6.42 Å². The van der Waals surface area contributed by atoms with Crippen molar-refractivity contribution in [2.45, 2.75) is 64.1 Å². The lowest BCUT2D eigenvalue weighted by atomic mass is 9.82. The molecule has 0 aliphatic heterocycles. The molecule has 1 aromatic rings. The van der Waals surface area contributed by atoms with Crippen LogP contribution in [0.1, 0.15) is 50.6 Å². The molecular weight excluding hydrogens is 266 g/mol. The zero-order valence-corrected chi connectivity index (χ0v) is 12.7. The van der Waals surface area contributed by atoms with E-state index >= 15 is 0 Å². The number of aryl methyl sites for hydroxylation is 1. The minimum Gasteiger partial charge on any atom is -0.391 e. The zero-order valence-electron chi connectivity index (χ0n) is 12.7. The first-order valence-electron chi connectivity index (χ1n) is 7.74. The molecule has 0 saturated heterocycles. The second-order valence-corrected chi connectivity index (χ2v) is 6.31. The molecular formula is C16H23N3O2. The molecule has 3 rings (SSSR count). The number of hydrogen-bond acceptors (Lipinski definition) is 3. The van der Waals surface area contributed by atoms with Crippen LogP contribution in [0.4, 0.5) is 0 Å². The SMILES string of the molecule is CC(C(=O)N[C@H]1C[C@@H](O)[C@@H]1n1cc(C)cn1)=C1CCCC1. The third-order valence-electron chi connectivity index (χ3n) is 4.73. The number of nitrogens with zero attached hydrogens (tertiary/aromatic N) is 2. The average Bonchev–Trinajstić information content (AvgIpc) is 3.09. The van der Waals surface area contributed by atoms with Crippen LogP contribution in [0.3, 0.4) is 0 Å². The molecule has 3 atom stereocenters. The molecule has 5 nitrogen and oxygen atoms in total. The van der Waals surface area contributed by atoms with Crippen LogP contribution in [-0.4, -0.2) is 32.9 Å². The molecule has 21 heavy (non-hydrogen) atoms. The standard InChI is InChI=1S/C16H23N3O2/c1-10-8-17-19(9-10)15-13(7-14(15)20)18-16(21)11(2)12-5-3-4-6-12/h8-9,13-15,20H,3-7H2,1-2H3,(H,18,21)/t13-,14+,15+/m0/s1. The third kappa shape index (κ3) is 2.75. The van der Waals surface area contributed by atoms with Gasteiger partial charge in [0.2, 0.25) is 5.91 Å². The van der Waals surface area contributed by atoms with Crippen LogP contribution in [0, 0.1) is 6.92 Å². The number of aliphatic hydroxyl groups excluding tert-OH is 1. The normalized spacial score (nSPS) is 28.3. The summed E-state index contributed by atoms with van der Waals surface area (Å²) in [6.45, 7) is 3.88. The van der Waals surface area contributed by atoms with Gasteiger partial charge in [-0.3, -0.25) is 9.48 Å². The summed E-state index contributed by atoms with van der Waals surface area (Å²) >= 11 is 0. The third-order valence-corrected chi connectivity index (χ3v) is 4.73. The Morgan fingerprint density at radius 1 is 1.43 bits per heavy atom. The van der Waals surface area contributed by atoms with Gasteiger partial charge in [-0.05, 0) is 51.5 Å². The topological polar surface area (TPSA) is 67.2 Å². The van der Waals surface area contributed by atoms with Gasteiger partial charge >= 0.3 is 0 Å². The van der Waals surface area contributed by atoms with E-state index in [4.69, 9.17) is 0 Å². The molecule has 2 fully saturated rings. The van der Waals surface area contributed by atoms with Crippen LogP contribution >= 0.6 is 0 Å². The summed E-state index contributed by atoms with van der Waals surface area (Å²) in [5.41, 5.74) is 3.21. The molecule has 2 aliphatic carbocycles. The molecule has 0 aromatic carbocycles. The van der Waals surface area contributed by atoms with Crippen LogP contribution in [-0.2, 0) is 4.79 Å². The van der Waals surface area contributed by atoms with E-state index in [2.05, 4.69) is 10.4 Å². The van der Waals surface area contributed by atoms with Gasteiger partial charge in [-0.1, -0.05) is 5.57 Å². The Morgan fingerprint density at radius 3 is 2.71 bits per heavy atom. The molecule has 0 unspecified atom stereocenters. The number of allylic oxidation sites excluding steroid dienone is 1. The average molecular weight is 289 g/mol. The number of carbonyl (C=O) groups excluding carboxylic acids is 1. The fourth-order valence-electron chi connectivity index (χ4n) is 3.33. The van der Waals surface area contributed by atoms with E-state index in [1.165, 1.54) is 18.4 Å². The molecule has 1 amide bonds. The van der Waals surface area contributed by atoms with Crippen molar-refractivity contribution in [1.82, 2.24) is 15.1 Å². The first-order chi connectivity index (χ1) is 10.1. The molecule has 2 saturated carbocycles. The maximum Gasteiger partial charge on any atom is 0.247 e. The largest absolute Gasteiger partial charge is 0.391 e. The van der Waals surface area contributed by atoms with E-state index in [1.54, 1.807) is 10.9 Å². The zero-order chi connectivity index (χ0) is 15.0. The highest BCUT2D eigenvalue weighted by Gasteiger charge is 2.42. The van der Waals surface area contributed by atoms with Crippen LogP contribution in [0.15, 0.2) is 23.5 Å². The molecule has 0 bridgehead atoms. The minimum atomic E-state index is -0.436. The Kier molecular flexibility index (Phi) is 3.85. The summed E-state index contributed by atoms with van der Waals surface area (Å²) in [7, 11) is 0. The molecule has 0 spiro atoms. The monoisotopic (exact) mass is 289 g/mol. The summed E-state index contributed by atoms with van der Waals surface area (Å²) in [5.74, 6) is 0.0117. The number of nitrogens with one attached hydrogen (secondary N) is 1. The van der Waals surface area contributed by atoms with E-state index in [-0.39, 0.29) is 18.0 Å². The number of hydrogen-bond donors (Lipinski definition) is 2. The molecule has 2 N–H and O–H groups in total. The van der Waals surface area contributed by atoms with Crippen molar-refractivity contribution >= 4 is 5.91 Å². The number of rotatable bonds is 3. The van der Waals surface area contributed by atoms with E-state index in [1.807, 2.05) is 20.0 Å². The van der Waals surface area contributed by atoms with Crippen LogP contribution in [0.25, 0.3) is 0 Å². The maximum absolute atomic E-state index is 12.3. The highest BCUT2D eigenvalue weighted by molar-refractivity contribution is 5.94. The number of aromatic nitrogens is 2. The summed E-state index contributed by atoms with van der Waals surface area (Å²) in [6, 6.07) is -0.187. The Balaban J connectivity index is 1.67. The second-order valence-electron chi connectivity index (χ2n) is 6.31. The first kappa shape index (κ1) is 14.3. The summed E-state index contributed by atoms with van der Waals surface area (Å²) in [4.78, 5) is 12.3. The predicted molar refractivity (Wildman–Crippen MR) is 79.7 cm³/mol. The first-order valence-corrected chi connectivity index (χ1v) is 7.74. The van der Waals surface area contributed by atoms with Crippen molar-refractivity contribution in [2.75, 3.05) is 0 Å². The summed E-state index contributed by atoms with van der Waals surface area (Å²) < 4.78 is 1.77. The highest BCUT2D eigenvalue weighted by Crippen LogP contribution is 2.33. The fraction of sp³-hybridized carbons (Fsp3) is 0.625. The van der Waals surface area contributed by atoms with Crippen molar-refractivity contribution in [3.05, 3.63) is 29.1 Å². The quantitative estimate of drug-likeness (QED) is 0.835. The van der Waals surface area contributed by atoms with Crippen molar-refractivity contribution in [3.63, 3.8) is 0 Å². The van der Waals surface area contributed by atoms with E-state index < -0.39 is 6.10 Å². The maximum atomic E-state index is 12.3. The van der Waals surface area contributed by atoms with Crippen LogP contribution in [0.2, 0.25) is 0 Å². The van der Waals surface area contributed by atoms with Crippen LogP contribution in [0.5, 0.6) is 0 Å². The Bertz CT molecular complexity index is 568. The van der Waals surface area contributed by atoms with Crippen molar-refractivity contribution in [1.29, 1.82) is 0 Å². The van der Waals surface area contributed by atoms with Crippen molar-refractivity contribution in [2.24, 2.45) is 0 Å². The van der Waals surface area contributed by atoms with Gasteiger partial charge in [0.05, 0.1) is 24.4 Å². The van der Waals surface area contributed by atoms with Gasteiger partial charge in [0, 0.05) is 11.8 Å². The number of aliphatic hydroxyl groups is 1. The Morgan fingerprint density at radius 2 is 2.14 bits per heavy atom. The molecule has 5 heteroatoms. The predicted octanol–water partition coefficient (Wildman–Crippen LogP) is 1.87. The van der Waals surface area contributed by atoms with Gasteiger partial charge in [0.15, 0.2) is 0 Å². The summed E-state index contributed by atoms with van der Waals surface area (Å²) in [6.07, 6.45) is 8.33. The highest BCUT2D eigenvalue weighted by atomic mass is 16.3. The smallest absolute Gasteiger partial charge is 0.247 e. The van der Waals surface area contributed by atoms with Gasteiger partial charge in [-0.15, -0.1) is 0 Å². The molecule has 0 radical (unpaired) electrons. The molecule has 114 valence electrons. The minimum absolute atomic E-state index is 0.0117. The fourth-order valence-corrected chi connectivity index (χ4v) is 3.33. The number of amides is 1. The van der Waals surface area contributed by atoms with Gasteiger partial charge in [0.1, 0.15) is 0 Å². The van der Waals surface area contributed by atoms with E-state index in [0.717, 1.165) is 24.0 Å². The van der Waals surface area contributed by atoms with Gasteiger partial charge in [-0.25, -0.2) is 0 Å².